The van der Waals surface area contributed by atoms with Gasteiger partial charge >= 0.3 is 0 Å². The van der Waals surface area contributed by atoms with E-state index in [4.69, 9.17) is 0 Å². The molecule has 2 aromatic rings. The normalized spacial score (nSPS) is 16.5. The number of aliphatic hydroxyl groups is 1. The average Bonchev–Trinajstić information content (AvgIpc) is 2.45. The number of aryl methyl sites for hydroxylation is 2. The van der Waals surface area contributed by atoms with E-state index in [9.17, 15) is 5.11 Å². The van der Waals surface area contributed by atoms with Gasteiger partial charge in [0.15, 0.2) is 0 Å². The number of aliphatic hydroxyl groups excluding tert-OH is 1. The van der Waals surface area contributed by atoms with Gasteiger partial charge in [0, 0.05) is 0 Å². The zero-order valence-corrected chi connectivity index (χ0v) is 12.8. The third kappa shape index (κ3) is 3.36. The van der Waals surface area contributed by atoms with E-state index >= 15 is 0 Å². The van der Waals surface area contributed by atoms with Crippen LogP contribution in [0.1, 0.15) is 60.0 Å². The van der Waals surface area contributed by atoms with Gasteiger partial charge in [-0.2, -0.15) is 0 Å². The van der Waals surface area contributed by atoms with Gasteiger partial charge in [-0.25, -0.2) is 0 Å². The molecule has 1 N–H and O–H groups in total. The lowest BCUT2D eigenvalue weighted by Crippen LogP contribution is -2.09. The fraction of sp³-hybridized carbons (Fsp3) is 0.400. The van der Waals surface area contributed by atoms with Crippen LogP contribution in [0, 0.1) is 6.92 Å². The monoisotopic (exact) mass is 280 g/mol. The molecule has 1 atom stereocenters. The number of hydrogen-bond acceptors (Lipinski definition) is 1. The van der Waals surface area contributed by atoms with Gasteiger partial charge in [0.2, 0.25) is 0 Å². The van der Waals surface area contributed by atoms with E-state index in [1.165, 1.54) is 36.0 Å². The van der Waals surface area contributed by atoms with Gasteiger partial charge in [-0.05, 0) is 60.8 Å². The molecule has 0 radical (unpaired) electrons. The number of hydrogen-bond donors (Lipinski definition) is 1. The Morgan fingerprint density at radius 3 is 2.62 bits per heavy atom. The second-order valence-electron chi connectivity index (χ2n) is 6.28. The fourth-order valence-electron chi connectivity index (χ4n) is 3.11. The minimum Gasteiger partial charge on any atom is -0.388 e. The molecule has 0 aliphatic heterocycles. The van der Waals surface area contributed by atoms with Crippen molar-refractivity contribution in [3.8, 4) is 0 Å². The van der Waals surface area contributed by atoms with E-state index in [-0.39, 0.29) is 6.10 Å². The molecular formula is C20H24O. The maximum Gasteiger partial charge on any atom is 0.0793 e. The van der Waals surface area contributed by atoms with Crippen molar-refractivity contribution in [1.29, 1.82) is 0 Å². The first-order valence-corrected chi connectivity index (χ1v) is 8.06. The Kier molecular flexibility index (Phi) is 4.40. The van der Waals surface area contributed by atoms with Gasteiger partial charge in [0.05, 0.1) is 6.10 Å². The Bertz CT molecular complexity index is 598. The van der Waals surface area contributed by atoms with E-state index in [0.717, 1.165) is 24.3 Å². The molecule has 0 bridgehead atoms. The Labute approximate surface area is 127 Å². The summed E-state index contributed by atoms with van der Waals surface area (Å²) in [5.41, 5.74) is 5.14. The summed E-state index contributed by atoms with van der Waals surface area (Å²) < 4.78 is 0. The minimum absolute atomic E-state index is 0.357. The van der Waals surface area contributed by atoms with Crippen LogP contribution >= 0.6 is 0 Å². The van der Waals surface area contributed by atoms with Crippen LogP contribution < -0.4 is 0 Å². The van der Waals surface area contributed by atoms with Crippen LogP contribution in [0.4, 0.5) is 0 Å². The SMILES string of the molecule is Cc1ccccc1CCC(O)c1cccc(C2CCC2)c1. The molecule has 0 amide bonds. The van der Waals surface area contributed by atoms with E-state index in [1.807, 2.05) is 0 Å². The van der Waals surface area contributed by atoms with E-state index in [1.54, 1.807) is 0 Å². The van der Waals surface area contributed by atoms with E-state index in [2.05, 4.69) is 55.5 Å². The van der Waals surface area contributed by atoms with Gasteiger partial charge in [-0.15, -0.1) is 0 Å². The van der Waals surface area contributed by atoms with Crippen molar-refractivity contribution in [1.82, 2.24) is 0 Å². The summed E-state index contributed by atoms with van der Waals surface area (Å²) in [6.45, 7) is 2.14. The van der Waals surface area contributed by atoms with Crippen molar-refractivity contribution in [2.75, 3.05) is 0 Å². The first-order chi connectivity index (χ1) is 10.2. The summed E-state index contributed by atoms with van der Waals surface area (Å²) >= 11 is 0. The molecule has 110 valence electrons. The average molecular weight is 280 g/mol. The van der Waals surface area contributed by atoms with Crippen LogP contribution in [0.5, 0.6) is 0 Å². The summed E-state index contributed by atoms with van der Waals surface area (Å²) in [6, 6.07) is 17.0. The molecule has 21 heavy (non-hydrogen) atoms. The zero-order valence-electron chi connectivity index (χ0n) is 12.8. The molecule has 0 aromatic heterocycles. The van der Waals surface area contributed by atoms with Gasteiger partial charge in [-0.1, -0.05) is 55.0 Å². The summed E-state index contributed by atoms with van der Waals surface area (Å²) in [5.74, 6) is 0.730. The lowest BCUT2D eigenvalue weighted by molar-refractivity contribution is 0.167. The smallest absolute Gasteiger partial charge is 0.0793 e. The van der Waals surface area contributed by atoms with E-state index in [0.29, 0.717) is 0 Å². The van der Waals surface area contributed by atoms with Gasteiger partial charge in [0.25, 0.3) is 0 Å². The van der Waals surface area contributed by atoms with Gasteiger partial charge in [0.1, 0.15) is 0 Å². The zero-order chi connectivity index (χ0) is 14.7. The predicted octanol–water partition coefficient (Wildman–Crippen LogP) is 4.93. The van der Waals surface area contributed by atoms with Crippen molar-refractivity contribution >= 4 is 0 Å². The summed E-state index contributed by atoms with van der Waals surface area (Å²) in [7, 11) is 0. The molecular weight excluding hydrogens is 256 g/mol. The molecule has 1 heteroatoms. The first kappa shape index (κ1) is 14.3. The quantitative estimate of drug-likeness (QED) is 0.823. The molecule has 1 nitrogen and oxygen atoms in total. The Morgan fingerprint density at radius 2 is 1.90 bits per heavy atom. The maximum atomic E-state index is 10.5. The third-order valence-electron chi connectivity index (χ3n) is 4.82. The highest BCUT2D eigenvalue weighted by molar-refractivity contribution is 5.30. The molecule has 1 aliphatic carbocycles. The molecule has 1 aliphatic rings. The maximum absolute atomic E-state index is 10.5. The van der Waals surface area contributed by atoms with Gasteiger partial charge < -0.3 is 5.11 Å². The molecule has 1 saturated carbocycles. The fourth-order valence-corrected chi connectivity index (χ4v) is 3.11. The molecule has 0 heterocycles. The molecule has 0 spiro atoms. The number of rotatable bonds is 5. The van der Waals surface area contributed by atoms with Gasteiger partial charge in [-0.3, -0.25) is 0 Å². The van der Waals surface area contributed by atoms with Crippen LogP contribution in [0.3, 0.4) is 0 Å². The molecule has 0 saturated heterocycles. The summed E-state index contributed by atoms with van der Waals surface area (Å²) in [6.07, 6.45) is 5.33. The van der Waals surface area contributed by atoms with Crippen molar-refractivity contribution in [3.05, 3.63) is 70.8 Å². The minimum atomic E-state index is -0.357. The Hall–Kier alpha value is -1.60. The number of benzene rings is 2. The lowest BCUT2D eigenvalue weighted by atomic mass is 9.79. The van der Waals surface area contributed by atoms with Crippen LogP contribution in [0.15, 0.2) is 48.5 Å². The topological polar surface area (TPSA) is 20.2 Å². The molecule has 3 rings (SSSR count). The van der Waals surface area contributed by atoms with Crippen LogP contribution in [-0.4, -0.2) is 5.11 Å². The predicted molar refractivity (Wildman–Crippen MR) is 87.5 cm³/mol. The standard InChI is InChI=1S/C20H24O/c1-15-6-2-3-7-16(15)12-13-20(21)19-11-5-10-18(14-19)17-8-4-9-17/h2-3,5-7,10-11,14,17,20-21H,4,8-9,12-13H2,1H3. The van der Waals surface area contributed by atoms with Crippen molar-refractivity contribution in [3.63, 3.8) is 0 Å². The highest BCUT2D eigenvalue weighted by Gasteiger charge is 2.20. The molecule has 1 unspecified atom stereocenters. The van der Waals surface area contributed by atoms with Crippen LogP contribution in [-0.2, 0) is 6.42 Å². The highest BCUT2D eigenvalue weighted by Crippen LogP contribution is 2.37. The first-order valence-electron chi connectivity index (χ1n) is 8.06. The molecule has 1 fully saturated rings. The summed E-state index contributed by atoms with van der Waals surface area (Å²) in [5, 5.41) is 10.5. The van der Waals surface area contributed by atoms with Crippen LogP contribution in [0.25, 0.3) is 0 Å². The van der Waals surface area contributed by atoms with Crippen molar-refractivity contribution < 1.29 is 5.11 Å². The third-order valence-corrected chi connectivity index (χ3v) is 4.82. The lowest BCUT2D eigenvalue weighted by Gasteiger charge is -2.26. The summed E-state index contributed by atoms with van der Waals surface area (Å²) in [4.78, 5) is 0. The second-order valence-corrected chi connectivity index (χ2v) is 6.28. The molecule has 2 aromatic carbocycles. The second kappa shape index (κ2) is 6.44. The highest BCUT2D eigenvalue weighted by atomic mass is 16.3. The largest absolute Gasteiger partial charge is 0.388 e. The Morgan fingerprint density at radius 1 is 1.10 bits per heavy atom. The van der Waals surface area contributed by atoms with Crippen LogP contribution in [0.2, 0.25) is 0 Å². The van der Waals surface area contributed by atoms with Crippen molar-refractivity contribution in [2.45, 2.75) is 51.0 Å². The van der Waals surface area contributed by atoms with Crippen molar-refractivity contribution in [2.24, 2.45) is 0 Å². The van der Waals surface area contributed by atoms with E-state index < -0.39 is 0 Å². The Balaban J connectivity index is 1.65.